The van der Waals surface area contributed by atoms with Gasteiger partial charge in [0.2, 0.25) is 5.91 Å². The van der Waals surface area contributed by atoms with Crippen LogP contribution in [0.15, 0.2) is 18.2 Å². The fraction of sp³-hybridized carbons (Fsp3) is 0.429. The van der Waals surface area contributed by atoms with Crippen LogP contribution in [-0.2, 0) is 4.79 Å². The average molecular weight is 279 g/mol. The molecule has 0 unspecified atom stereocenters. The molecule has 0 saturated heterocycles. The molecule has 0 heterocycles. The van der Waals surface area contributed by atoms with Crippen LogP contribution < -0.4 is 21.1 Å². The van der Waals surface area contributed by atoms with E-state index in [1.807, 2.05) is 0 Å². The van der Waals surface area contributed by atoms with Crippen molar-refractivity contribution in [3.8, 4) is 5.75 Å². The highest BCUT2D eigenvalue weighted by Crippen LogP contribution is 2.22. The number of anilines is 1. The maximum absolute atomic E-state index is 12.1. The largest absolute Gasteiger partial charge is 0.496 e. The fourth-order valence-electron chi connectivity index (χ4n) is 1.71. The number of nitrogens with one attached hydrogen (secondary N) is 2. The van der Waals surface area contributed by atoms with Gasteiger partial charge >= 0.3 is 0 Å². The van der Waals surface area contributed by atoms with Crippen molar-refractivity contribution in [2.75, 3.05) is 26.4 Å². The number of amides is 2. The van der Waals surface area contributed by atoms with Crippen LogP contribution in [0.3, 0.4) is 0 Å². The second kappa shape index (κ2) is 6.27. The molecule has 0 spiro atoms. The van der Waals surface area contributed by atoms with E-state index in [4.69, 9.17) is 10.5 Å². The third-order valence-corrected chi connectivity index (χ3v) is 3.00. The Bertz CT molecular complexity index is 512. The molecule has 0 aromatic heterocycles. The zero-order valence-electron chi connectivity index (χ0n) is 12.2. The van der Waals surface area contributed by atoms with Gasteiger partial charge in [0, 0.05) is 25.3 Å². The van der Waals surface area contributed by atoms with Gasteiger partial charge in [-0.2, -0.15) is 0 Å². The Morgan fingerprint density at radius 3 is 2.55 bits per heavy atom. The second-order valence-electron chi connectivity index (χ2n) is 5.11. The first-order chi connectivity index (χ1) is 9.31. The van der Waals surface area contributed by atoms with Crippen LogP contribution in [0.25, 0.3) is 0 Å². The van der Waals surface area contributed by atoms with E-state index in [-0.39, 0.29) is 18.4 Å². The van der Waals surface area contributed by atoms with Crippen LogP contribution in [0, 0.1) is 5.41 Å². The van der Waals surface area contributed by atoms with Crippen LogP contribution in [0.4, 0.5) is 5.69 Å². The van der Waals surface area contributed by atoms with Gasteiger partial charge in [0.1, 0.15) is 5.75 Å². The summed E-state index contributed by atoms with van der Waals surface area (Å²) in [5.41, 5.74) is 5.85. The summed E-state index contributed by atoms with van der Waals surface area (Å²) in [6, 6.07) is 4.80. The first kappa shape index (κ1) is 15.8. The number of benzene rings is 1. The SMILES string of the molecule is CNC(=O)C(C)(C)CNC(=O)c1ccc(N)cc1OC. The maximum Gasteiger partial charge on any atom is 0.255 e. The normalized spacial score (nSPS) is 10.8. The van der Waals surface area contributed by atoms with Crippen molar-refractivity contribution in [3.63, 3.8) is 0 Å². The number of hydrogen-bond acceptors (Lipinski definition) is 4. The van der Waals surface area contributed by atoms with Crippen LogP contribution in [0.1, 0.15) is 24.2 Å². The van der Waals surface area contributed by atoms with Crippen molar-refractivity contribution in [2.45, 2.75) is 13.8 Å². The van der Waals surface area contributed by atoms with E-state index >= 15 is 0 Å². The topological polar surface area (TPSA) is 93.5 Å². The van der Waals surface area contributed by atoms with Gasteiger partial charge < -0.3 is 21.1 Å². The molecule has 0 bridgehead atoms. The first-order valence-corrected chi connectivity index (χ1v) is 6.25. The van der Waals surface area contributed by atoms with Crippen molar-refractivity contribution in [2.24, 2.45) is 5.41 Å². The Kier molecular flexibility index (Phi) is 4.96. The average Bonchev–Trinajstić information content (AvgIpc) is 2.43. The van der Waals surface area contributed by atoms with Crippen molar-refractivity contribution in [1.82, 2.24) is 10.6 Å². The highest BCUT2D eigenvalue weighted by atomic mass is 16.5. The zero-order valence-corrected chi connectivity index (χ0v) is 12.2. The third-order valence-electron chi connectivity index (χ3n) is 3.00. The van der Waals surface area contributed by atoms with Crippen molar-refractivity contribution in [1.29, 1.82) is 0 Å². The second-order valence-corrected chi connectivity index (χ2v) is 5.11. The zero-order chi connectivity index (χ0) is 15.3. The van der Waals surface area contributed by atoms with E-state index in [1.165, 1.54) is 7.11 Å². The Morgan fingerprint density at radius 1 is 1.35 bits per heavy atom. The summed E-state index contributed by atoms with van der Waals surface area (Å²) < 4.78 is 5.13. The summed E-state index contributed by atoms with van der Waals surface area (Å²) in [5, 5.41) is 5.30. The molecular formula is C14H21N3O3. The molecule has 1 aromatic carbocycles. The summed E-state index contributed by atoms with van der Waals surface area (Å²) in [4.78, 5) is 23.8. The number of rotatable bonds is 5. The number of carbonyl (C=O) groups excluding carboxylic acids is 2. The molecule has 20 heavy (non-hydrogen) atoms. The summed E-state index contributed by atoms with van der Waals surface area (Å²) in [7, 11) is 3.04. The quantitative estimate of drug-likeness (QED) is 0.694. The molecule has 0 saturated carbocycles. The predicted molar refractivity (Wildman–Crippen MR) is 77.6 cm³/mol. The third kappa shape index (κ3) is 3.63. The molecule has 4 N–H and O–H groups in total. The lowest BCUT2D eigenvalue weighted by molar-refractivity contribution is -0.128. The number of carbonyl (C=O) groups is 2. The molecule has 1 aromatic rings. The molecule has 0 aliphatic rings. The Labute approximate surface area is 118 Å². The summed E-state index contributed by atoms with van der Waals surface area (Å²) in [6.45, 7) is 3.73. The lowest BCUT2D eigenvalue weighted by Crippen LogP contribution is -2.43. The minimum absolute atomic E-state index is 0.137. The molecule has 0 atom stereocenters. The van der Waals surface area contributed by atoms with Gasteiger partial charge in [0.25, 0.3) is 5.91 Å². The molecular weight excluding hydrogens is 258 g/mol. The van der Waals surface area contributed by atoms with E-state index in [1.54, 1.807) is 39.1 Å². The van der Waals surface area contributed by atoms with Gasteiger partial charge in [-0.3, -0.25) is 9.59 Å². The highest BCUT2D eigenvalue weighted by molar-refractivity contribution is 5.97. The van der Waals surface area contributed by atoms with Gasteiger partial charge in [-0.25, -0.2) is 0 Å². The molecule has 2 amide bonds. The fourth-order valence-corrected chi connectivity index (χ4v) is 1.71. The van der Waals surface area contributed by atoms with Crippen LogP contribution >= 0.6 is 0 Å². The van der Waals surface area contributed by atoms with E-state index in [0.29, 0.717) is 17.0 Å². The van der Waals surface area contributed by atoms with Crippen molar-refractivity contribution in [3.05, 3.63) is 23.8 Å². The molecule has 0 radical (unpaired) electrons. The van der Waals surface area contributed by atoms with E-state index in [9.17, 15) is 9.59 Å². The molecule has 6 heteroatoms. The summed E-state index contributed by atoms with van der Waals surface area (Å²) in [6.07, 6.45) is 0. The lowest BCUT2D eigenvalue weighted by atomic mass is 9.92. The summed E-state index contributed by atoms with van der Waals surface area (Å²) in [5.74, 6) is -0.0406. The first-order valence-electron chi connectivity index (χ1n) is 6.25. The van der Waals surface area contributed by atoms with Gasteiger partial charge in [0.05, 0.1) is 18.1 Å². The van der Waals surface area contributed by atoms with Gasteiger partial charge in [-0.05, 0) is 26.0 Å². The van der Waals surface area contributed by atoms with Crippen molar-refractivity contribution < 1.29 is 14.3 Å². The molecule has 0 aliphatic carbocycles. The molecule has 110 valence electrons. The Balaban J connectivity index is 2.80. The van der Waals surface area contributed by atoms with Gasteiger partial charge in [-0.1, -0.05) is 0 Å². The number of ether oxygens (including phenoxy) is 1. The predicted octanol–water partition coefficient (Wildman–Crippen LogP) is 0.779. The Morgan fingerprint density at radius 2 is 2.00 bits per heavy atom. The van der Waals surface area contributed by atoms with Gasteiger partial charge in [-0.15, -0.1) is 0 Å². The molecule has 6 nitrogen and oxygen atoms in total. The summed E-state index contributed by atoms with van der Waals surface area (Å²) >= 11 is 0. The minimum atomic E-state index is -0.689. The maximum atomic E-state index is 12.1. The molecule has 0 aliphatic heterocycles. The van der Waals surface area contributed by atoms with Gasteiger partial charge in [0.15, 0.2) is 0 Å². The highest BCUT2D eigenvalue weighted by Gasteiger charge is 2.27. The van der Waals surface area contributed by atoms with Crippen molar-refractivity contribution >= 4 is 17.5 Å². The van der Waals surface area contributed by atoms with E-state index in [2.05, 4.69) is 10.6 Å². The molecule has 1 rings (SSSR count). The number of nitrogen functional groups attached to an aromatic ring is 1. The standard InChI is InChI=1S/C14H21N3O3/c1-14(2,13(19)16-3)8-17-12(18)10-6-5-9(15)7-11(10)20-4/h5-7H,8,15H2,1-4H3,(H,16,19)(H,17,18). The number of methoxy groups -OCH3 is 1. The van der Waals surface area contributed by atoms with Crippen LogP contribution in [0.2, 0.25) is 0 Å². The van der Waals surface area contributed by atoms with Crippen LogP contribution in [-0.4, -0.2) is 32.5 Å². The smallest absolute Gasteiger partial charge is 0.255 e. The van der Waals surface area contributed by atoms with Crippen LogP contribution in [0.5, 0.6) is 5.75 Å². The lowest BCUT2D eigenvalue weighted by Gasteiger charge is -2.23. The van der Waals surface area contributed by atoms with E-state index < -0.39 is 5.41 Å². The molecule has 0 fully saturated rings. The van der Waals surface area contributed by atoms with E-state index in [0.717, 1.165) is 0 Å². The Hall–Kier alpha value is -2.24. The minimum Gasteiger partial charge on any atom is -0.496 e. The number of hydrogen-bond donors (Lipinski definition) is 3. The monoisotopic (exact) mass is 279 g/mol. The number of nitrogens with two attached hydrogens (primary N) is 1.